The van der Waals surface area contributed by atoms with E-state index in [1.165, 1.54) is 122 Å². The Kier molecular flexibility index (Phi) is 30.0. The number of hydrogen-bond donors (Lipinski definition) is 1. The summed E-state index contributed by atoms with van der Waals surface area (Å²) >= 11 is 0. The first-order valence-electron chi connectivity index (χ1n) is 14.5. The van der Waals surface area contributed by atoms with Gasteiger partial charge in [-0.2, -0.15) is 0 Å². The van der Waals surface area contributed by atoms with E-state index in [4.69, 9.17) is 19.0 Å². The van der Waals surface area contributed by atoms with Gasteiger partial charge in [0.15, 0.2) is 0 Å². The minimum absolute atomic E-state index is 0. The molecule has 0 amide bonds. The molecule has 0 spiro atoms. The van der Waals surface area contributed by atoms with Gasteiger partial charge in [-0.3, -0.25) is 0 Å². The summed E-state index contributed by atoms with van der Waals surface area (Å²) in [6, 6.07) is 1.15. The van der Waals surface area contributed by atoms with Crippen LogP contribution in [0.15, 0.2) is 0 Å². The van der Waals surface area contributed by atoms with E-state index in [2.05, 4.69) is 6.92 Å². The summed E-state index contributed by atoms with van der Waals surface area (Å²) in [5.74, 6) is 0. The molecule has 2 N–H and O–H groups in total. The normalized spacial score (nSPS) is 12.6. The van der Waals surface area contributed by atoms with Crippen LogP contribution in [0.4, 0.5) is 0 Å². The Labute approximate surface area is 221 Å². The van der Waals surface area contributed by atoms with Crippen molar-refractivity contribution in [2.75, 3.05) is 21.3 Å². The van der Waals surface area contributed by atoms with E-state index in [0.717, 1.165) is 25.3 Å². The average molecular weight is 524 g/mol. The molecular formula is C28H62ClNO3Si. The molecule has 0 aliphatic heterocycles. The summed E-state index contributed by atoms with van der Waals surface area (Å²) in [5, 5.41) is 0. The van der Waals surface area contributed by atoms with Crippen LogP contribution in [-0.2, 0) is 13.3 Å². The van der Waals surface area contributed by atoms with Crippen molar-refractivity contribution in [1.82, 2.24) is 0 Å². The van der Waals surface area contributed by atoms with E-state index >= 15 is 0 Å². The predicted octanol–water partition coefficient (Wildman–Crippen LogP) is 9.22. The van der Waals surface area contributed by atoms with E-state index < -0.39 is 8.80 Å². The first-order valence-corrected chi connectivity index (χ1v) is 16.5. The van der Waals surface area contributed by atoms with E-state index in [1.54, 1.807) is 21.3 Å². The van der Waals surface area contributed by atoms with Crippen molar-refractivity contribution < 1.29 is 13.3 Å². The Hall–Kier alpha value is 0.347. The Morgan fingerprint density at radius 2 is 0.794 bits per heavy atom. The standard InChI is InChI=1S/C28H61NO3Si.ClH/c1-5-6-7-8-9-10-11-12-13-14-15-16-17-18-19-20-21-22-23-25-28(29)26-24-27-33(30-2,31-3)32-4;/h28H,5-27,29H2,1-4H3;1H. The smallest absolute Gasteiger partial charge is 0.377 e. The molecule has 1 atom stereocenters. The van der Waals surface area contributed by atoms with Crippen molar-refractivity contribution in [3.05, 3.63) is 0 Å². The molecule has 6 heteroatoms. The highest BCUT2D eigenvalue weighted by Gasteiger charge is 2.36. The van der Waals surface area contributed by atoms with Crippen molar-refractivity contribution in [3.63, 3.8) is 0 Å². The third-order valence-corrected chi connectivity index (χ3v) is 10.0. The third kappa shape index (κ3) is 22.8. The van der Waals surface area contributed by atoms with Crippen LogP contribution >= 0.6 is 12.4 Å². The lowest BCUT2D eigenvalue weighted by atomic mass is 10.0. The SMILES string of the molecule is CCCCCCCCCCCCCCCCCCCCCC(N)CCC[Si](OC)(OC)OC.Cl. The summed E-state index contributed by atoms with van der Waals surface area (Å²) in [6.45, 7) is 2.30. The van der Waals surface area contributed by atoms with Gasteiger partial charge in [0.1, 0.15) is 0 Å². The topological polar surface area (TPSA) is 53.7 Å². The molecule has 0 fully saturated rings. The number of nitrogens with two attached hydrogens (primary N) is 1. The predicted molar refractivity (Wildman–Crippen MR) is 154 cm³/mol. The fourth-order valence-electron chi connectivity index (χ4n) is 4.77. The van der Waals surface area contributed by atoms with Crippen molar-refractivity contribution in [1.29, 1.82) is 0 Å². The van der Waals surface area contributed by atoms with E-state index in [-0.39, 0.29) is 12.4 Å². The fraction of sp³-hybridized carbons (Fsp3) is 1.00. The molecule has 0 aliphatic rings. The lowest BCUT2D eigenvalue weighted by Crippen LogP contribution is -2.42. The molecule has 0 heterocycles. The van der Waals surface area contributed by atoms with Gasteiger partial charge in [-0.05, 0) is 19.3 Å². The maximum Gasteiger partial charge on any atom is 0.500 e. The summed E-state index contributed by atoms with van der Waals surface area (Å²) in [6.07, 6.45) is 30.2. The molecule has 208 valence electrons. The zero-order valence-electron chi connectivity index (χ0n) is 23.6. The van der Waals surface area contributed by atoms with Crippen molar-refractivity contribution in [3.8, 4) is 0 Å². The molecule has 0 saturated carbocycles. The number of hydrogen-bond acceptors (Lipinski definition) is 4. The van der Waals surface area contributed by atoms with Crippen LogP contribution in [0.2, 0.25) is 6.04 Å². The number of halogens is 1. The van der Waals surface area contributed by atoms with E-state index in [9.17, 15) is 0 Å². The Morgan fingerprint density at radius 3 is 1.12 bits per heavy atom. The number of unbranched alkanes of at least 4 members (excludes halogenated alkanes) is 18. The highest BCUT2D eigenvalue weighted by atomic mass is 35.5. The van der Waals surface area contributed by atoms with Crippen molar-refractivity contribution in [2.24, 2.45) is 5.73 Å². The Morgan fingerprint density at radius 1 is 0.500 bits per heavy atom. The summed E-state index contributed by atoms with van der Waals surface area (Å²) in [4.78, 5) is 0. The molecule has 0 rings (SSSR count). The third-order valence-electron chi connectivity index (χ3n) is 7.17. The minimum atomic E-state index is -2.42. The van der Waals surface area contributed by atoms with Crippen LogP contribution < -0.4 is 5.73 Å². The van der Waals surface area contributed by atoms with Crippen LogP contribution in [0.5, 0.6) is 0 Å². The molecule has 0 saturated heterocycles. The second kappa shape index (κ2) is 27.9. The minimum Gasteiger partial charge on any atom is -0.377 e. The molecule has 0 bridgehead atoms. The molecule has 0 aromatic carbocycles. The van der Waals surface area contributed by atoms with Gasteiger partial charge in [0, 0.05) is 33.4 Å². The van der Waals surface area contributed by atoms with Gasteiger partial charge in [-0.1, -0.05) is 129 Å². The molecule has 0 radical (unpaired) electrons. The molecule has 0 aromatic heterocycles. The van der Waals surface area contributed by atoms with Crippen LogP contribution in [0.25, 0.3) is 0 Å². The Balaban J connectivity index is 0. The van der Waals surface area contributed by atoms with Crippen LogP contribution in [0.3, 0.4) is 0 Å². The zero-order chi connectivity index (χ0) is 24.5. The Bertz CT molecular complexity index is 378. The monoisotopic (exact) mass is 523 g/mol. The number of rotatable bonds is 27. The van der Waals surface area contributed by atoms with Crippen LogP contribution in [0, 0.1) is 0 Å². The van der Waals surface area contributed by atoms with E-state index in [0.29, 0.717) is 6.04 Å². The summed E-state index contributed by atoms with van der Waals surface area (Å²) in [5.41, 5.74) is 6.30. The molecule has 1 unspecified atom stereocenters. The maximum atomic E-state index is 6.30. The fourth-order valence-corrected chi connectivity index (χ4v) is 6.52. The summed E-state index contributed by atoms with van der Waals surface area (Å²) < 4.78 is 16.4. The molecule has 4 nitrogen and oxygen atoms in total. The largest absolute Gasteiger partial charge is 0.500 e. The van der Waals surface area contributed by atoms with Crippen LogP contribution in [-0.4, -0.2) is 36.2 Å². The highest BCUT2D eigenvalue weighted by Crippen LogP contribution is 2.19. The second-order valence-corrected chi connectivity index (χ2v) is 13.2. The lowest BCUT2D eigenvalue weighted by Gasteiger charge is -2.24. The van der Waals surface area contributed by atoms with Gasteiger partial charge in [0.2, 0.25) is 0 Å². The van der Waals surface area contributed by atoms with Crippen molar-refractivity contribution in [2.45, 2.75) is 160 Å². The highest BCUT2D eigenvalue weighted by molar-refractivity contribution is 6.60. The lowest BCUT2D eigenvalue weighted by molar-refractivity contribution is 0.122. The molecule has 0 aliphatic carbocycles. The average Bonchev–Trinajstić information content (AvgIpc) is 2.83. The van der Waals surface area contributed by atoms with Gasteiger partial charge in [-0.25, -0.2) is 0 Å². The van der Waals surface area contributed by atoms with Gasteiger partial charge >= 0.3 is 8.80 Å². The molecule has 34 heavy (non-hydrogen) atoms. The second-order valence-electron chi connectivity index (χ2n) is 10.1. The molecule has 0 aromatic rings. The zero-order valence-corrected chi connectivity index (χ0v) is 25.4. The van der Waals surface area contributed by atoms with Gasteiger partial charge in [0.05, 0.1) is 0 Å². The van der Waals surface area contributed by atoms with Gasteiger partial charge in [0.25, 0.3) is 0 Å². The molecular weight excluding hydrogens is 462 g/mol. The van der Waals surface area contributed by atoms with E-state index in [1.807, 2.05) is 0 Å². The maximum absolute atomic E-state index is 6.30. The van der Waals surface area contributed by atoms with Gasteiger partial charge in [-0.15, -0.1) is 12.4 Å². The summed E-state index contributed by atoms with van der Waals surface area (Å²) in [7, 11) is 2.62. The van der Waals surface area contributed by atoms with Gasteiger partial charge < -0.3 is 19.0 Å². The quantitative estimate of drug-likeness (QED) is 0.0860. The first kappa shape index (κ1) is 36.5. The van der Waals surface area contributed by atoms with Crippen molar-refractivity contribution >= 4 is 21.2 Å². The van der Waals surface area contributed by atoms with Crippen LogP contribution in [0.1, 0.15) is 148 Å². The first-order chi connectivity index (χ1) is 16.1.